The van der Waals surface area contributed by atoms with Gasteiger partial charge in [0.1, 0.15) is 18.5 Å². The highest BCUT2D eigenvalue weighted by Crippen LogP contribution is 2.44. The highest BCUT2D eigenvalue weighted by molar-refractivity contribution is 5.91. The number of fused-ring (bicyclic) bond motifs is 3. The summed E-state index contributed by atoms with van der Waals surface area (Å²) < 4.78 is 20.5. The molecule has 11 heteroatoms. The monoisotopic (exact) mass is 579 g/mol. The van der Waals surface area contributed by atoms with Crippen molar-refractivity contribution in [1.29, 1.82) is 0 Å². The first-order valence-electron chi connectivity index (χ1n) is 14.8. The summed E-state index contributed by atoms with van der Waals surface area (Å²) >= 11 is 0. The quantitative estimate of drug-likeness (QED) is 0.248. The summed E-state index contributed by atoms with van der Waals surface area (Å²) in [6, 6.07) is 19.0. The van der Waals surface area contributed by atoms with Crippen LogP contribution in [0, 0.1) is 0 Å². The molecule has 1 saturated carbocycles. The first-order chi connectivity index (χ1) is 20.9. The van der Waals surface area contributed by atoms with Crippen molar-refractivity contribution in [2.75, 3.05) is 11.9 Å². The van der Waals surface area contributed by atoms with Crippen molar-refractivity contribution in [1.82, 2.24) is 29.8 Å². The number of benzene rings is 2. The molecule has 43 heavy (non-hydrogen) atoms. The molecule has 8 rings (SSSR count). The van der Waals surface area contributed by atoms with Crippen LogP contribution in [0.1, 0.15) is 38.5 Å². The number of carbonyl (C=O) groups is 1. The van der Waals surface area contributed by atoms with E-state index in [1.54, 1.807) is 6.33 Å². The second-order valence-electron chi connectivity index (χ2n) is 11.9. The molecule has 0 spiro atoms. The van der Waals surface area contributed by atoms with Crippen LogP contribution in [0.5, 0.6) is 0 Å². The van der Waals surface area contributed by atoms with E-state index in [-0.39, 0.29) is 11.9 Å². The van der Waals surface area contributed by atoms with Crippen molar-refractivity contribution in [2.24, 2.45) is 0 Å². The molecule has 1 aliphatic carbocycles. The summed E-state index contributed by atoms with van der Waals surface area (Å²) in [5.74, 6) is -0.379. The van der Waals surface area contributed by atoms with Gasteiger partial charge in [0.15, 0.2) is 35.1 Å². The Morgan fingerprint density at radius 2 is 1.81 bits per heavy atom. The zero-order chi connectivity index (χ0) is 29.1. The van der Waals surface area contributed by atoms with Crippen LogP contribution in [0.15, 0.2) is 67.3 Å². The molecule has 1 amide bonds. The van der Waals surface area contributed by atoms with E-state index >= 15 is 0 Å². The number of carbonyl (C=O) groups excluding carboxylic acids is 1. The lowest BCUT2D eigenvalue weighted by atomic mass is 10.0. The number of nitrogens with one attached hydrogen (secondary N) is 3. The van der Waals surface area contributed by atoms with E-state index in [1.165, 1.54) is 17.3 Å². The summed E-state index contributed by atoms with van der Waals surface area (Å²) in [7, 11) is 0. The van der Waals surface area contributed by atoms with Crippen LogP contribution in [0.4, 0.5) is 5.82 Å². The number of anilines is 1. The van der Waals surface area contributed by atoms with Crippen LogP contribution in [0.2, 0.25) is 0 Å². The number of aromatic amines is 1. The van der Waals surface area contributed by atoms with Gasteiger partial charge in [0.25, 0.3) is 5.91 Å². The minimum atomic E-state index is -0.839. The van der Waals surface area contributed by atoms with E-state index < -0.39 is 30.3 Å². The van der Waals surface area contributed by atoms with E-state index in [0.717, 1.165) is 36.0 Å². The van der Waals surface area contributed by atoms with Crippen molar-refractivity contribution < 1.29 is 19.0 Å². The van der Waals surface area contributed by atoms with E-state index in [1.807, 2.05) is 30.5 Å². The lowest BCUT2D eigenvalue weighted by Crippen LogP contribution is -2.43. The normalized spacial score (nSPS) is 24.4. The van der Waals surface area contributed by atoms with Gasteiger partial charge < -0.3 is 29.8 Å². The summed E-state index contributed by atoms with van der Waals surface area (Å²) in [4.78, 5) is 30.4. The molecule has 5 heterocycles. The predicted octanol–water partition coefficient (Wildman–Crippen LogP) is 4.33. The van der Waals surface area contributed by atoms with Gasteiger partial charge in [-0.25, -0.2) is 15.0 Å². The van der Waals surface area contributed by atoms with E-state index in [0.29, 0.717) is 23.5 Å². The number of aromatic nitrogens is 5. The van der Waals surface area contributed by atoms with Crippen LogP contribution < -0.4 is 10.6 Å². The van der Waals surface area contributed by atoms with Gasteiger partial charge >= 0.3 is 0 Å². The Bertz CT molecular complexity index is 1810. The molecule has 2 saturated heterocycles. The number of H-pyrrole nitrogens is 1. The number of para-hydroxylation sites is 1. The number of amides is 1. The van der Waals surface area contributed by atoms with Gasteiger partial charge in [0.2, 0.25) is 0 Å². The Balaban J connectivity index is 1.05. The van der Waals surface area contributed by atoms with Crippen LogP contribution in [0.25, 0.3) is 33.3 Å². The number of rotatable bonds is 8. The number of hydrogen-bond donors (Lipinski definition) is 3. The fraction of sp³-hybridized carbons (Fsp3) is 0.375. The molecule has 220 valence electrons. The molecular weight excluding hydrogens is 546 g/mol. The Hall–Kier alpha value is -4.32. The van der Waals surface area contributed by atoms with Crippen molar-refractivity contribution >= 4 is 33.8 Å². The molecule has 0 unspecified atom stereocenters. The molecule has 2 aromatic carbocycles. The fourth-order valence-corrected chi connectivity index (χ4v) is 6.31. The fourth-order valence-electron chi connectivity index (χ4n) is 6.31. The van der Waals surface area contributed by atoms with Gasteiger partial charge in [0, 0.05) is 29.2 Å². The number of imidazole rings is 1. The standard InChI is InChI=1S/C32H33N7O4/c1-32(2)42-25-26(30(40)37-19-12-13-19)41-31(27(25)43-32)39-17-36-24-28(34-16-35-29(24)39)33-15-14-21-20-10-6-7-11-22(20)38-23(21)18-8-4-3-5-9-18/h3-11,16-17,19,25-27,31,38H,12-15H2,1-2H3,(H,37,40)(H,33,34,35)/t25-,26+,27-,31-/m1/s1. The third kappa shape index (κ3) is 4.73. The molecule has 11 nitrogen and oxygen atoms in total. The zero-order valence-electron chi connectivity index (χ0n) is 24.0. The largest absolute Gasteiger partial charge is 0.368 e. The average Bonchev–Trinajstić information content (AvgIpc) is 3.31. The first kappa shape index (κ1) is 26.3. The van der Waals surface area contributed by atoms with Crippen molar-refractivity contribution in [2.45, 2.75) is 69.5 Å². The Morgan fingerprint density at radius 3 is 2.65 bits per heavy atom. The molecule has 3 N–H and O–H groups in total. The summed E-state index contributed by atoms with van der Waals surface area (Å²) in [6.45, 7) is 4.34. The SMILES string of the molecule is CC1(C)O[C@@H]2[C@H](O1)[C@@H](C(=O)NC1CC1)O[C@H]2n1cnc2c(NCCc3c(-c4ccccc4)[nH]c4ccccc34)ncnc21. The maximum absolute atomic E-state index is 13.1. The van der Waals surface area contributed by atoms with Gasteiger partial charge in [-0.1, -0.05) is 48.5 Å². The van der Waals surface area contributed by atoms with Crippen LogP contribution in [-0.2, 0) is 25.4 Å². The summed E-state index contributed by atoms with van der Waals surface area (Å²) in [5.41, 5.74) is 5.84. The van der Waals surface area contributed by atoms with Crippen molar-refractivity contribution in [3.63, 3.8) is 0 Å². The predicted molar refractivity (Wildman–Crippen MR) is 160 cm³/mol. The summed E-state index contributed by atoms with van der Waals surface area (Å²) in [6.07, 6.45) is 3.50. The van der Waals surface area contributed by atoms with Crippen LogP contribution in [-0.4, -0.2) is 67.1 Å². The van der Waals surface area contributed by atoms with Gasteiger partial charge in [0.05, 0.1) is 6.33 Å². The third-order valence-electron chi connectivity index (χ3n) is 8.39. The summed E-state index contributed by atoms with van der Waals surface area (Å²) in [5, 5.41) is 7.74. The second kappa shape index (κ2) is 10.1. The van der Waals surface area contributed by atoms with Gasteiger partial charge in [-0.15, -0.1) is 0 Å². The maximum atomic E-state index is 13.1. The Labute approximate surface area is 248 Å². The van der Waals surface area contributed by atoms with E-state index in [2.05, 4.69) is 73.0 Å². The topological polar surface area (TPSA) is 128 Å². The highest BCUT2D eigenvalue weighted by atomic mass is 16.8. The van der Waals surface area contributed by atoms with Crippen LogP contribution >= 0.6 is 0 Å². The number of nitrogens with zero attached hydrogens (tertiary/aromatic N) is 4. The molecule has 3 aromatic heterocycles. The van der Waals surface area contributed by atoms with Crippen LogP contribution in [0.3, 0.4) is 0 Å². The maximum Gasteiger partial charge on any atom is 0.252 e. The minimum absolute atomic E-state index is 0.171. The molecular formula is C32H33N7O4. The molecule has 3 aliphatic rings. The van der Waals surface area contributed by atoms with Gasteiger partial charge in [-0.2, -0.15) is 0 Å². The molecule has 3 fully saturated rings. The molecule has 0 bridgehead atoms. The van der Waals surface area contributed by atoms with E-state index in [9.17, 15) is 4.79 Å². The van der Waals surface area contributed by atoms with Crippen molar-refractivity contribution in [3.05, 3.63) is 72.8 Å². The average molecular weight is 580 g/mol. The minimum Gasteiger partial charge on any atom is -0.368 e. The molecule has 4 atom stereocenters. The molecule has 2 aliphatic heterocycles. The zero-order valence-corrected chi connectivity index (χ0v) is 24.0. The molecule has 5 aromatic rings. The van der Waals surface area contributed by atoms with E-state index in [4.69, 9.17) is 14.2 Å². The smallest absolute Gasteiger partial charge is 0.252 e. The van der Waals surface area contributed by atoms with Gasteiger partial charge in [-0.05, 0) is 50.3 Å². The third-order valence-corrected chi connectivity index (χ3v) is 8.39. The van der Waals surface area contributed by atoms with Crippen molar-refractivity contribution in [3.8, 4) is 11.3 Å². The second-order valence-corrected chi connectivity index (χ2v) is 11.9. The number of ether oxygens (including phenoxy) is 3. The Kier molecular flexibility index (Phi) is 6.21. The highest BCUT2D eigenvalue weighted by Gasteiger charge is 2.58. The lowest BCUT2D eigenvalue weighted by Gasteiger charge is -2.24. The molecule has 0 radical (unpaired) electrons. The number of hydrogen-bond acceptors (Lipinski definition) is 8. The Morgan fingerprint density at radius 1 is 1.02 bits per heavy atom. The lowest BCUT2D eigenvalue weighted by molar-refractivity contribution is -0.197. The first-order valence-corrected chi connectivity index (χ1v) is 14.8. The van der Waals surface area contributed by atoms with Gasteiger partial charge in [-0.3, -0.25) is 9.36 Å².